The van der Waals surface area contributed by atoms with Crippen molar-refractivity contribution >= 4 is 28.9 Å². The van der Waals surface area contributed by atoms with Gasteiger partial charge in [0.05, 0.1) is 16.7 Å². The second-order valence-corrected chi connectivity index (χ2v) is 4.46. The van der Waals surface area contributed by atoms with Crippen LogP contribution in [0, 0.1) is 0 Å². The predicted octanol–water partition coefficient (Wildman–Crippen LogP) is 4.04. The summed E-state index contributed by atoms with van der Waals surface area (Å²) in [7, 11) is 1.58. The number of hydrogen-bond acceptors (Lipinski definition) is 3. The number of nitrogens with one attached hydrogen (secondary N) is 1. The summed E-state index contributed by atoms with van der Waals surface area (Å²) in [6, 6.07) is 2.97. The Kier molecular flexibility index (Phi) is 5.91. The van der Waals surface area contributed by atoms with Crippen molar-refractivity contribution in [3.63, 3.8) is 0 Å². The van der Waals surface area contributed by atoms with Crippen molar-refractivity contribution in [1.29, 1.82) is 0 Å². The number of alkyl halides is 2. The molecule has 0 bridgehead atoms. The highest BCUT2D eigenvalue weighted by Crippen LogP contribution is 2.37. The van der Waals surface area contributed by atoms with E-state index in [1.54, 1.807) is 7.11 Å². The summed E-state index contributed by atoms with van der Waals surface area (Å²) in [5, 5.41) is 3.11. The van der Waals surface area contributed by atoms with Gasteiger partial charge >= 0.3 is 6.61 Å². The Morgan fingerprint density at radius 1 is 1.28 bits per heavy atom. The molecule has 0 aliphatic heterocycles. The summed E-state index contributed by atoms with van der Waals surface area (Å²) in [6.45, 7) is -0.578. The van der Waals surface area contributed by atoms with Crippen LogP contribution < -0.4 is 10.1 Å². The third-order valence-corrected chi connectivity index (χ3v) is 2.60. The number of anilines is 1. The van der Waals surface area contributed by atoms with E-state index < -0.39 is 6.61 Å². The summed E-state index contributed by atoms with van der Waals surface area (Å²) in [5.74, 6) is -0.224. The molecule has 0 aliphatic rings. The van der Waals surface area contributed by atoms with Crippen LogP contribution in [0.15, 0.2) is 12.1 Å². The Morgan fingerprint density at radius 3 is 2.28 bits per heavy atom. The van der Waals surface area contributed by atoms with Gasteiger partial charge in [-0.1, -0.05) is 23.2 Å². The molecule has 1 N–H and O–H groups in total. The van der Waals surface area contributed by atoms with E-state index in [2.05, 4.69) is 10.1 Å². The first-order chi connectivity index (χ1) is 8.43. The largest absolute Gasteiger partial charge is 0.432 e. The van der Waals surface area contributed by atoms with Crippen LogP contribution in [0.5, 0.6) is 5.75 Å². The summed E-state index contributed by atoms with van der Waals surface area (Å²) < 4.78 is 33.4. The molecule has 1 rings (SSSR count). The monoisotopic (exact) mass is 299 g/mol. The van der Waals surface area contributed by atoms with Crippen LogP contribution in [0.25, 0.3) is 0 Å². The maximum atomic E-state index is 12.1. The summed E-state index contributed by atoms with van der Waals surface area (Å²) >= 11 is 11.7. The second-order valence-electron chi connectivity index (χ2n) is 3.65. The van der Waals surface area contributed by atoms with Gasteiger partial charge in [-0.25, -0.2) is 0 Å². The zero-order valence-corrected chi connectivity index (χ0v) is 11.4. The van der Waals surface area contributed by atoms with Crippen molar-refractivity contribution in [2.75, 3.05) is 19.0 Å². The highest BCUT2D eigenvalue weighted by molar-refractivity contribution is 6.37. The van der Waals surface area contributed by atoms with Gasteiger partial charge in [0.1, 0.15) is 0 Å². The van der Waals surface area contributed by atoms with Crippen LogP contribution >= 0.6 is 23.2 Å². The zero-order valence-electron chi connectivity index (χ0n) is 9.84. The third kappa shape index (κ3) is 4.48. The van der Waals surface area contributed by atoms with Gasteiger partial charge in [-0.3, -0.25) is 0 Å². The average molecular weight is 300 g/mol. The fourth-order valence-corrected chi connectivity index (χ4v) is 2.00. The lowest BCUT2D eigenvalue weighted by molar-refractivity contribution is -0.0497. The van der Waals surface area contributed by atoms with Gasteiger partial charge in [0.2, 0.25) is 0 Å². The Labute approximate surface area is 114 Å². The van der Waals surface area contributed by atoms with Crippen LogP contribution in [0.3, 0.4) is 0 Å². The molecule has 0 saturated carbocycles. The third-order valence-electron chi connectivity index (χ3n) is 2.03. The molecule has 3 nitrogen and oxygen atoms in total. The lowest BCUT2D eigenvalue weighted by Gasteiger charge is -2.16. The van der Waals surface area contributed by atoms with E-state index >= 15 is 0 Å². The first kappa shape index (κ1) is 15.3. The molecule has 0 aromatic heterocycles. The molecule has 0 radical (unpaired) electrons. The highest BCUT2D eigenvalue weighted by Gasteiger charge is 2.14. The lowest BCUT2D eigenvalue weighted by Crippen LogP contribution is -2.20. The van der Waals surface area contributed by atoms with E-state index in [-0.39, 0.29) is 21.8 Å². The summed E-state index contributed by atoms with van der Waals surface area (Å²) in [6.07, 6.45) is 0. The molecule has 1 aromatic carbocycles. The maximum absolute atomic E-state index is 12.1. The number of hydrogen-bond donors (Lipinski definition) is 1. The minimum Gasteiger partial charge on any atom is -0.432 e. The molecular formula is C11H13Cl2F2NO2. The van der Waals surface area contributed by atoms with Crippen molar-refractivity contribution in [1.82, 2.24) is 0 Å². The highest BCUT2D eigenvalue weighted by atomic mass is 35.5. The number of rotatable bonds is 6. The maximum Gasteiger partial charge on any atom is 0.387 e. The Balaban J connectivity index is 2.85. The van der Waals surface area contributed by atoms with E-state index in [4.69, 9.17) is 27.9 Å². The van der Waals surface area contributed by atoms with E-state index in [1.165, 1.54) is 12.1 Å². The Morgan fingerprint density at radius 2 is 1.83 bits per heavy atom. The lowest BCUT2D eigenvalue weighted by atomic mass is 10.2. The van der Waals surface area contributed by atoms with E-state index in [0.29, 0.717) is 12.3 Å². The van der Waals surface area contributed by atoms with Gasteiger partial charge in [0.15, 0.2) is 5.75 Å². The first-order valence-electron chi connectivity index (χ1n) is 5.13. The summed E-state index contributed by atoms with van der Waals surface area (Å²) in [5.41, 5.74) is 0.608. The van der Waals surface area contributed by atoms with Gasteiger partial charge in [0, 0.05) is 18.8 Å². The fraction of sp³-hybridized carbons (Fsp3) is 0.455. The molecule has 0 saturated heterocycles. The van der Waals surface area contributed by atoms with Crippen molar-refractivity contribution < 1.29 is 18.3 Å². The van der Waals surface area contributed by atoms with Gasteiger partial charge in [-0.05, 0) is 19.1 Å². The molecule has 0 spiro atoms. The number of ether oxygens (including phenoxy) is 2. The van der Waals surface area contributed by atoms with Gasteiger partial charge in [0.25, 0.3) is 0 Å². The quantitative estimate of drug-likeness (QED) is 0.860. The molecule has 0 fully saturated rings. The second kappa shape index (κ2) is 6.97. The van der Waals surface area contributed by atoms with E-state index in [1.807, 2.05) is 6.92 Å². The molecule has 102 valence electrons. The standard InChI is InChI=1S/C11H13Cl2F2NO2/c1-6(5-17-2)16-7-3-8(12)10(9(13)4-7)18-11(14)15/h3-4,6,11,16H,5H2,1-2H3. The molecular weight excluding hydrogens is 287 g/mol. The molecule has 0 heterocycles. The van der Waals surface area contributed by atoms with Crippen molar-refractivity contribution in [2.45, 2.75) is 19.6 Å². The van der Waals surface area contributed by atoms with Gasteiger partial charge in [-0.2, -0.15) is 8.78 Å². The number of halogens is 4. The van der Waals surface area contributed by atoms with Crippen LogP contribution in [0.1, 0.15) is 6.92 Å². The smallest absolute Gasteiger partial charge is 0.387 e. The van der Waals surface area contributed by atoms with Crippen molar-refractivity contribution in [3.8, 4) is 5.75 Å². The normalized spacial score (nSPS) is 12.6. The predicted molar refractivity (Wildman–Crippen MR) is 68.1 cm³/mol. The molecule has 1 unspecified atom stereocenters. The average Bonchev–Trinajstić information content (AvgIpc) is 2.23. The molecule has 0 amide bonds. The van der Waals surface area contributed by atoms with E-state index in [0.717, 1.165) is 0 Å². The summed E-state index contributed by atoms with van der Waals surface area (Å²) in [4.78, 5) is 0. The van der Waals surface area contributed by atoms with Crippen LogP contribution in [0.4, 0.5) is 14.5 Å². The molecule has 1 atom stereocenters. The number of methoxy groups -OCH3 is 1. The zero-order chi connectivity index (χ0) is 13.7. The first-order valence-corrected chi connectivity index (χ1v) is 5.89. The molecule has 0 aliphatic carbocycles. The number of benzene rings is 1. The van der Waals surface area contributed by atoms with Crippen LogP contribution in [-0.2, 0) is 4.74 Å². The Hall–Kier alpha value is -0.780. The fourth-order valence-electron chi connectivity index (χ4n) is 1.42. The SMILES string of the molecule is COCC(C)Nc1cc(Cl)c(OC(F)F)c(Cl)c1. The minimum absolute atomic E-state index is 0.0231. The molecule has 1 aromatic rings. The van der Waals surface area contributed by atoms with Crippen LogP contribution in [0.2, 0.25) is 10.0 Å². The van der Waals surface area contributed by atoms with Crippen molar-refractivity contribution in [2.24, 2.45) is 0 Å². The molecule has 18 heavy (non-hydrogen) atoms. The van der Waals surface area contributed by atoms with Gasteiger partial charge in [-0.15, -0.1) is 0 Å². The van der Waals surface area contributed by atoms with E-state index in [9.17, 15) is 8.78 Å². The Bertz CT molecular complexity index is 382. The van der Waals surface area contributed by atoms with Crippen LogP contribution in [-0.4, -0.2) is 26.4 Å². The topological polar surface area (TPSA) is 30.5 Å². The minimum atomic E-state index is -2.97. The van der Waals surface area contributed by atoms with Crippen molar-refractivity contribution in [3.05, 3.63) is 22.2 Å². The molecule has 7 heteroatoms. The van der Waals surface area contributed by atoms with Gasteiger partial charge < -0.3 is 14.8 Å².